The van der Waals surface area contributed by atoms with E-state index in [1.807, 2.05) is 43.3 Å². The van der Waals surface area contributed by atoms with Gasteiger partial charge in [-0.2, -0.15) is 0 Å². The van der Waals surface area contributed by atoms with E-state index in [1.54, 1.807) is 24.3 Å². The Morgan fingerprint density at radius 2 is 1.95 bits per heavy atom. The highest BCUT2D eigenvalue weighted by Crippen LogP contribution is 2.32. The minimum atomic E-state index is -0.00886. The number of imidazole rings is 1. The summed E-state index contributed by atoms with van der Waals surface area (Å²) in [5, 5.41) is 29.5. The number of fused-ring (bicyclic) bond motifs is 1. The zero-order valence-electron chi connectivity index (χ0n) is 21.4. The van der Waals surface area contributed by atoms with E-state index < -0.39 is 0 Å². The average Bonchev–Trinajstić information content (AvgIpc) is 3.35. The first-order valence-electron chi connectivity index (χ1n) is 12.8. The summed E-state index contributed by atoms with van der Waals surface area (Å²) in [5.74, 6) is 2.09. The van der Waals surface area contributed by atoms with Gasteiger partial charge < -0.3 is 30.8 Å². The molecule has 0 aliphatic carbocycles. The van der Waals surface area contributed by atoms with E-state index in [2.05, 4.69) is 20.2 Å². The number of anilines is 1. The molecule has 2 heterocycles. The van der Waals surface area contributed by atoms with E-state index in [4.69, 9.17) is 21.3 Å². The lowest BCUT2D eigenvalue weighted by Gasteiger charge is -2.36. The Morgan fingerprint density at radius 3 is 2.71 bits per heavy atom. The minimum absolute atomic E-state index is 0.00886. The zero-order valence-corrected chi connectivity index (χ0v) is 21.4. The summed E-state index contributed by atoms with van der Waals surface area (Å²) in [6, 6.07) is 19.0. The lowest BCUT2D eigenvalue weighted by Crippen LogP contribution is -2.45. The van der Waals surface area contributed by atoms with Crippen LogP contribution in [-0.4, -0.2) is 50.8 Å². The van der Waals surface area contributed by atoms with Crippen LogP contribution in [0, 0.1) is 10.8 Å². The Labute approximate surface area is 221 Å². The molecule has 1 atom stereocenters. The molecule has 4 aromatic rings. The molecule has 7 N–H and O–H groups in total. The molecule has 1 fully saturated rings. The zero-order chi connectivity index (χ0) is 26.6. The predicted molar refractivity (Wildman–Crippen MR) is 151 cm³/mol. The third-order valence-corrected chi connectivity index (χ3v) is 6.96. The highest BCUT2D eigenvalue weighted by molar-refractivity contribution is 5.98. The third kappa shape index (κ3) is 5.56. The SMILES string of the molecule is CC(=N)N1CCCCC1COc1ccc(CNc2ccc(O)c(-c3nc4ccc(C(=N)N)cc4[nH]3)c2)cc1. The number of likely N-dealkylation sites (tertiary alicyclic amines) is 1. The van der Waals surface area contributed by atoms with Gasteiger partial charge in [-0.15, -0.1) is 0 Å². The Kier molecular flexibility index (Phi) is 7.17. The molecule has 0 spiro atoms. The second-order valence-electron chi connectivity index (χ2n) is 9.70. The highest BCUT2D eigenvalue weighted by Gasteiger charge is 2.23. The van der Waals surface area contributed by atoms with Crippen LogP contribution in [0.1, 0.15) is 37.3 Å². The van der Waals surface area contributed by atoms with Crippen molar-refractivity contribution in [1.82, 2.24) is 14.9 Å². The van der Waals surface area contributed by atoms with Gasteiger partial charge in [0, 0.05) is 24.3 Å². The summed E-state index contributed by atoms with van der Waals surface area (Å²) in [5.41, 5.74) is 10.2. The first kappa shape index (κ1) is 25.1. The molecule has 0 radical (unpaired) electrons. The van der Waals surface area contributed by atoms with Gasteiger partial charge in [0.25, 0.3) is 0 Å². The van der Waals surface area contributed by atoms with Crippen LogP contribution in [0.4, 0.5) is 5.69 Å². The van der Waals surface area contributed by atoms with Crippen LogP contribution in [0.3, 0.4) is 0 Å². The molecule has 0 amide bonds. The van der Waals surface area contributed by atoms with Crippen LogP contribution in [0.15, 0.2) is 60.7 Å². The van der Waals surface area contributed by atoms with Crippen molar-refractivity contribution in [3.8, 4) is 22.9 Å². The summed E-state index contributed by atoms with van der Waals surface area (Å²) in [6.45, 7) is 3.97. The van der Waals surface area contributed by atoms with Gasteiger partial charge in [-0.25, -0.2) is 4.98 Å². The molecule has 9 heteroatoms. The number of nitrogens with one attached hydrogen (secondary N) is 4. The molecule has 1 aromatic heterocycles. The Bertz CT molecular complexity index is 1460. The maximum atomic E-state index is 10.5. The largest absolute Gasteiger partial charge is 0.507 e. The van der Waals surface area contributed by atoms with Crippen molar-refractivity contribution < 1.29 is 9.84 Å². The molecule has 0 saturated carbocycles. The third-order valence-electron chi connectivity index (χ3n) is 6.96. The van der Waals surface area contributed by atoms with E-state index in [9.17, 15) is 5.11 Å². The quantitative estimate of drug-likeness (QED) is 0.111. The number of aromatic nitrogens is 2. The smallest absolute Gasteiger partial charge is 0.142 e. The van der Waals surface area contributed by atoms with Crippen LogP contribution < -0.4 is 15.8 Å². The molecule has 1 aliphatic heterocycles. The number of hydrogen-bond donors (Lipinski definition) is 6. The highest BCUT2D eigenvalue weighted by atomic mass is 16.5. The molecule has 1 saturated heterocycles. The number of rotatable bonds is 8. The second kappa shape index (κ2) is 10.8. The van der Waals surface area contributed by atoms with E-state index in [1.165, 1.54) is 6.42 Å². The van der Waals surface area contributed by atoms with Gasteiger partial charge in [0.1, 0.15) is 29.8 Å². The molecular weight excluding hydrogens is 478 g/mol. The fraction of sp³-hybridized carbons (Fsp3) is 0.276. The van der Waals surface area contributed by atoms with Crippen LogP contribution in [0.25, 0.3) is 22.4 Å². The van der Waals surface area contributed by atoms with Gasteiger partial charge in [0.15, 0.2) is 0 Å². The summed E-state index contributed by atoms with van der Waals surface area (Å²) in [4.78, 5) is 9.96. The van der Waals surface area contributed by atoms with Gasteiger partial charge in [-0.1, -0.05) is 12.1 Å². The first-order valence-corrected chi connectivity index (χ1v) is 12.8. The van der Waals surface area contributed by atoms with E-state index in [0.29, 0.717) is 35.9 Å². The lowest BCUT2D eigenvalue weighted by atomic mass is 10.0. The van der Waals surface area contributed by atoms with Gasteiger partial charge >= 0.3 is 0 Å². The number of aromatic amines is 1. The standard InChI is InChI=1S/C29H33N7O2/c1-18(30)36-13-3-2-4-22(36)17-38-23-9-5-19(6-10-23)16-33-21-8-12-27(37)24(15-21)29-34-25-11-7-20(28(31)32)14-26(25)35-29/h5-12,14-15,22,30,33,37H,2-4,13,16-17H2,1H3,(H3,31,32)(H,34,35). The summed E-state index contributed by atoms with van der Waals surface area (Å²) in [6.07, 6.45) is 3.37. The summed E-state index contributed by atoms with van der Waals surface area (Å²) < 4.78 is 6.05. The van der Waals surface area contributed by atoms with Crippen LogP contribution in [0.5, 0.6) is 11.5 Å². The maximum Gasteiger partial charge on any atom is 0.142 e. The second-order valence-corrected chi connectivity index (χ2v) is 9.70. The van der Waals surface area contributed by atoms with Crippen molar-refractivity contribution in [3.05, 3.63) is 71.8 Å². The maximum absolute atomic E-state index is 10.5. The number of H-pyrrole nitrogens is 1. The number of phenolic OH excluding ortho intramolecular Hbond substituents is 1. The van der Waals surface area contributed by atoms with E-state index >= 15 is 0 Å². The van der Waals surface area contributed by atoms with E-state index in [0.717, 1.165) is 47.4 Å². The normalized spacial score (nSPS) is 15.4. The van der Waals surface area contributed by atoms with Gasteiger partial charge in [-0.05, 0) is 80.3 Å². The number of nitrogens with zero attached hydrogens (tertiary/aromatic N) is 2. The number of aromatic hydroxyl groups is 1. The number of benzene rings is 3. The number of hydrogen-bond acceptors (Lipinski definition) is 6. The summed E-state index contributed by atoms with van der Waals surface area (Å²) in [7, 11) is 0. The molecular formula is C29H33N7O2. The van der Waals surface area contributed by atoms with Gasteiger partial charge in [0.05, 0.1) is 28.5 Å². The molecule has 5 rings (SSSR count). The minimum Gasteiger partial charge on any atom is -0.507 e. The predicted octanol–water partition coefficient (Wildman–Crippen LogP) is 5.06. The average molecular weight is 512 g/mol. The van der Waals surface area contributed by atoms with Crippen LogP contribution >= 0.6 is 0 Å². The van der Waals surface area contributed by atoms with Gasteiger partial charge in [0.2, 0.25) is 0 Å². The molecule has 38 heavy (non-hydrogen) atoms. The fourth-order valence-electron chi connectivity index (χ4n) is 4.86. The molecule has 1 unspecified atom stereocenters. The topological polar surface area (TPSA) is 147 Å². The van der Waals surface area contributed by atoms with Crippen molar-refractivity contribution in [1.29, 1.82) is 10.8 Å². The monoisotopic (exact) mass is 511 g/mol. The number of nitrogen functional groups attached to an aromatic ring is 1. The molecule has 9 nitrogen and oxygen atoms in total. The number of piperidine rings is 1. The van der Waals surface area contributed by atoms with Crippen molar-refractivity contribution in [3.63, 3.8) is 0 Å². The number of ether oxygens (including phenoxy) is 1. The molecule has 1 aliphatic rings. The first-order chi connectivity index (χ1) is 18.4. The fourth-order valence-corrected chi connectivity index (χ4v) is 4.86. The number of nitrogens with two attached hydrogens (primary N) is 1. The number of phenols is 1. The van der Waals surface area contributed by atoms with E-state index in [-0.39, 0.29) is 17.6 Å². The number of amidine groups is 2. The van der Waals surface area contributed by atoms with Crippen molar-refractivity contribution in [2.24, 2.45) is 5.73 Å². The van der Waals surface area contributed by atoms with Crippen LogP contribution in [-0.2, 0) is 6.54 Å². The Morgan fingerprint density at radius 1 is 1.13 bits per heavy atom. The Hall–Kier alpha value is -4.53. The molecule has 0 bridgehead atoms. The Balaban J connectivity index is 1.22. The van der Waals surface area contributed by atoms with Crippen LogP contribution in [0.2, 0.25) is 0 Å². The van der Waals surface area contributed by atoms with Crippen molar-refractivity contribution in [2.75, 3.05) is 18.5 Å². The van der Waals surface area contributed by atoms with Crippen molar-refractivity contribution >= 4 is 28.4 Å². The van der Waals surface area contributed by atoms with Gasteiger partial charge in [-0.3, -0.25) is 10.8 Å². The molecule has 3 aromatic carbocycles. The lowest BCUT2D eigenvalue weighted by molar-refractivity contribution is 0.159. The van der Waals surface area contributed by atoms with Crippen molar-refractivity contribution in [2.45, 2.75) is 38.8 Å². The summed E-state index contributed by atoms with van der Waals surface area (Å²) >= 11 is 0. The molecule has 196 valence electrons.